The largest absolute Gasteiger partial charge is 0.492 e. The minimum Gasteiger partial charge on any atom is -0.492 e. The first kappa shape index (κ1) is 17.5. The lowest BCUT2D eigenvalue weighted by molar-refractivity contribution is 0.102. The van der Waals surface area contributed by atoms with Crippen molar-refractivity contribution in [3.05, 3.63) is 83.9 Å². The van der Waals surface area contributed by atoms with Crippen molar-refractivity contribution >= 4 is 23.0 Å². The third kappa shape index (κ3) is 4.42. The Morgan fingerprint density at radius 1 is 0.885 bits per heavy atom. The number of carbonyl (C=O) groups excluding carboxylic acids is 1. The van der Waals surface area contributed by atoms with Gasteiger partial charge in [-0.3, -0.25) is 4.79 Å². The van der Waals surface area contributed by atoms with Gasteiger partial charge in [0.25, 0.3) is 5.91 Å². The Morgan fingerprint density at radius 2 is 1.54 bits per heavy atom. The number of aryl methyl sites for hydroxylation is 1. The summed E-state index contributed by atoms with van der Waals surface area (Å²) in [6.07, 6.45) is 0. The molecule has 26 heavy (non-hydrogen) atoms. The molecule has 1 amide bonds. The van der Waals surface area contributed by atoms with Crippen LogP contribution in [0.1, 0.15) is 22.8 Å². The molecule has 0 atom stereocenters. The molecule has 132 valence electrons. The SMILES string of the molecule is CCOc1ccccc1Nc1ccc(NC(=O)c2ccc(C)cc2)cc1. The van der Waals surface area contributed by atoms with E-state index in [4.69, 9.17) is 4.74 Å². The lowest BCUT2D eigenvalue weighted by Gasteiger charge is -2.13. The van der Waals surface area contributed by atoms with E-state index in [0.717, 1.165) is 28.4 Å². The highest BCUT2D eigenvalue weighted by Crippen LogP contribution is 2.28. The van der Waals surface area contributed by atoms with E-state index in [1.54, 1.807) is 0 Å². The predicted molar refractivity (Wildman–Crippen MR) is 106 cm³/mol. The molecular formula is C22H22N2O2. The highest BCUT2D eigenvalue weighted by Gasteiger charge is 2.06. The lowest BCUT2D eigenvalue weighted by atomic mass is 10.1. The standard InChI is InChI=1S/C22H22N2O2/c1-3-26-21-7-5-4-6-20(21)23-18-12-14-19(15-13-18)24-22(25)17-10-8-16(2)9-11-17/h4-15,23H,3H2,1-2H3,(H,24,25). The molecule has 3 aromatic carbocycles. The molecule has 2 N–H and O–H groups in total. The van der Waals surface area contributed by atoms with Crippen LogP contribution >= 0.6 is 0 Å². The summed E-state index contributed by atoms with van der Waals surface area (Å²) < 4.78 is 5.62. The Hall–Kier alpha value is -3.27. The quantitative estimate of drug-likeness (QED) is 0.629. The summed E-state index contributed by atoms with van der Waals surface area (Å²) in [5.74, 6) is 0.694. The van der Waals surface area contributed by atoms with Gasteiger partial charge >= 0.3 is 0 Å². The van der Waals surface area contributed by atoms with Crippen molar-refractivity contribution < 1.29 is 9.53 Å². The minimum absolute atomic E-state index is 0.118. The van der Waals surface area contributed by atoms with Gasteiger partial charge in [-0.05, 0) is 62.4 Å². The van der Waals surface area contributed by atoms with E-state index in [-0.39, 0.29) is 5.91 Å². The van der Waals surface area contributed by atoms with Crippen molar-refractivity contribution in [3.8, 4) is 5.75 Å². The van der Waals surface area contributed by atoms with Crippen molar-refractivity contribution in [1.82, 2.24) is 0 Å². The van der Waals surface area contributed by atoms with Crippen LogP contribution in [0.2, 0.25) is 0 Å². The van der Waals surface area contributed by atoms with Crippen LogP contribution in [0.4, 0.5) is 17.1 Å². The number of amides is 1. The molecule has 4 heteroatoms. The Balaban J connectivity index is 1.67. The molecule has 0 aliphatic carbocycles. The molecule has 0 spiro atoms. The monoisotopic (exact) mass is 346 g/mol. The fourth-order valence-electron chi connectivity index (χ4n) is 2.55. The fourth-order valence-corrected chi connectivity index (χ4v) is 2.55. The van der Waals surface area contributed by atoms with Gasteiger partial charge in [0.15, 0.2) is 0 Å². The molecule has 0 bridgehead atoms. The van der Waals surface area contributed by atoms with E-state index in [2.05, 4.69) is 10.6 Å². The van der Waals surface area contributed by atoms with Crippen molar-refractivity contribution in [3.63, 3.8) is 0 Å². The molecule has 0 aliphatic heterocycles. The molecule has 4 nitrogen and oxygen atoms in total. The average molecular weight is 346 g/mol. The average Bonchev–Trinajstić information content (AvgIpc) is 2.65. The zero-order chi connectivity index (χ0) is 18.4. The fraction of sp³-hybridized carbons (Fsp3) is 0.136. The van der Waals surface area contributed by atoms with Gasteiger partial charge in [-0.1, -0.05) is 29.8 Å². The van der Waals surface area contributed by atoms with E-state index in [1.165, 1.54) is 0 Å². The van der Waals surface area contributed by atoms with Crippen molar-refractivity contribution in [2.24, 2.45) is 0 Å². The van der Waals surface area contributed by atoms with E-state index >= 15 is 0 Å². The molecule has 0 fully saturated rings. The molecule has 0 saturated heterocycles. The second-order valence-electron chi connectivity index (χ2n) is 5.95. The van der Waals surface area contributed by atoms with E-state index < -0.39 is 0 Å². The Labute approximate surface area is 153 Å². The van der Waals surface area contributed by atoms with Crippen molar-refractivity contribution in [2.75, 3.05) is 17.2 Å². The number of rotatable bonds is 6. The minimum atomic E-state index is -0.118. The maximum absolute atomic E-state index is 12.3. The zero-order valence-electron chi connectivity index (χ0n) is 15.0. The smallest absolute Gasteiger partial charge is 0.255 e. The van der Waals surface area contributed by atoms with Crippen LogP contribution in [-0.2, 0) is 0 Å². The van der Waals surface area contributed by atoms with Crippen LogP contribution in [0.15, 0.2) is 72.8 Å². The summed E-state index contributed by atoms with van der Waals surface area (Å²) in [5.41, 5.74) is 4.35. The number of para-hydroxylation sites is 2. The van der Waals surface area contributed by atoms with Crippen LogP contribution in [0, 0.1) is 6.92 Å². The van der Waals surface area contributed by atoms with Gasteiger partial charge in [-0.2, -0.15) is 0 Å². The second-order valence-corrected chi connectivity index (χ2v) is 5.95. The predicted octanol–water partition coefficient (Wildman–Crippen LogP) is 5.39. The first-order chi connectivity index (χ1) is 12.7. The topological polar surface area (TPSA) is 50.4 Å². The van der Waals surface area contributed by atoms with Crippen LogP contribution in [0.5, 0.6) is 5.75 Å². The molecule has 0 aliphatic rings. The summed E-state index contributed by atoms with van der Waals surface area (Å²) in [4.78, 5) is 12.3. The number of anilines is 3. The van der Waals surface area contributed by atoms with Gasteiger partial charge in [0.1, 0.15) is 5.75 Å². The molecule has 3 aromatic rings. The summed E-state index contributed by atoms with van der Waals surface area (Å²) in [7, 11) is 0. The Kier molecular flexibility index (Phi) is 5.54. The third-order valence-corrected chi connectivity index (χ3v) is 3.92. The molecule has 0 aromatic heterocycles. The number of ether oxygens (including phenoxy) is 1. The number of hydrogen-bond donors (Lipinski definition) is 2. The molecule has 0 unspecified atom stereocenters. The van der Waals surface area contributed by atoms with Crippen LogP contribution in [0.3, 0.4) is 0 Å². The second kappa shape index (κ2) is 8.21. The first-order valence-corrected chi connectivity index (χ1v) is 8.62. The number of benzene rings is 3. The summed E-state index contributed by atoms with van der Waals surface area (Å²) in [6.45, 7) is 4.57. The Morgan fingerprint density at radius 3 is 2.23 bits per heavy atom. The number of hydrogen-bond acceptors (Lipinski definition) is 3. The van der Waals surface area contributed by atoms with Crippen molar-refractivity contribution in [2.45, 2.75) is 13.8 Å². The number of nitrogens with one attached hydrogen (secondary N) is 2. The normalized spacial score (nSPS) is 10.2. The van der Waals surface area contributed by atoms with E-state index in [9.17, 15) is 4.79 Å². The van der Waals surface area contributed by atoms with Crippen LogP contribution < -0.4 is 15.4 Å². The maximum Gasteiger partial charge on any atom is 0.255 e. The van der Waals surface area contributed by atoms with Gasteiger partial charge in [0.2, 0.25) is 0 Å². The van der Waals surface area contributed by atoms with Crippen LogP contribution in [0.25, 0.3) is 0 Å². The highest BCUT2D eigenvalue weighted by atomic mass is 16.5. The van der Waals surface area contributed by atoms with Crippen molar-refractivity contribution in [1.29, 1.82) is 0 Å². The summed E-state index contributed by atoms with van der Waals surface area (Å²) in [5, 5.41) is 6.25. The number of carbonyl (C=O) groups is 1. The summed E-state index contributed by atoms with van der Waals surface area (Å²) in [6, 6.07) is 22.9. The highest BCUT2D eigenvalue weighted by molar-refractivity contribution is 6.04. The van der Waals surface area contributed by atoms with E-state index in [1.807, 2.05) is 86.6 Å². The molecule has 3 rings (SSSR count). The van der Waals surface area contributed by atoms with Gasteiger partial charge in [-0.15, -0.1) is 0 Å². The van der Waals surface area contributed by atoms with Gasteiger partial charge in [0.05, 0.1) is 12.3 Å². The molecule has 0 heterocycles. The molecule has 0 saturated carbocycles. The lowest BCUT2D eigenvalue weighted by Crippen LogP contribution is -2.11. The Bertz CT molecular complexity index is 871. The van der Waals surface area contributed by atoms with Gasteiger partial charge in [-0.25, -0.2) is 0 Å². The molecular weight excluding hydrogens is 324 g/mol. The van der Waals surface area contributed by atoms with Crippen LogP contribution in [-0.4, -0.2) is 12.5 Å². The third-order valence-electron chi connectivity index (χ3n) is 3.92. The van der Waals surface area contributed by atoms with E-state index in [0.29, 0.717) is 12.2 Å². The first-order valence-electron chi connectivity index (χ1n) is 8.62. The zero-order valence-corrected chi connectivity index (χ0v) is 15.0. The molecule has 0 radical (unpaired) electrons. The van der Waals surface area contributed by atoms with Gasteiger partial charge in [0, 0.05) is 16.9 Å². The summed E-state index contributed by atoms with van der Waals surface area (Å²) >= 11 is 0. The maximum atomic E-state index is 12.3. The van der Waals surface area contributed by atoms with Gasteiger partial charge < -0.3 is 15.4 Å².